The normalized spacial score (nSPS) is 18.6. The van der Waals surface area contributed by atoms with E-state index < -0.39 is 10.0 Å². The molecule has 7 heteroatoms. The lowest BCUT2D eigenvalue weighted by atomic mass is 10.2. The van der Waals surface area contributed by atoms with Gasteiger partial charge in [0.25, 0.3) is 0 Å². The minimum atomic E-state index is -3.46. The number of ether oxygens (including phenoxy) is 1. The topological polar surface area (TPSA) is 75.7 Å². The molecule has 1 saturated heterocycles. The summed E-state index contributed by atoms with van der Waals surface area (Å²) in [6, 6.07) is 7.38. The van der Waals surface area contributed by atoms with Crippen LogP contribution >= 0.6 is 0 Å². The highest BCUT2D eigenvalue weighted by Gasteiger charge is 2.26. The second kappa shape index (κ2) is 7.21. The zero-order valence-corrected chi connectivity index (χ0v) is 13.7. The van der Waals surface area contributed by atoms with Crippen molar-refractivity contribution in [1.29, 1.82) is 0 Å². The number of benzene rings is 1. The van der Waals surface area contributed by atoms with Gasteiger partial charge in [0, 0.05) is 18.8 Å². The van der Waals surface area contributed by atoms with Crippen LogP contribution in [0.15, 0.2) is 24.3 Å². The fourth-order valence-corrected chi connectivity index (χ4v) is 3.20. The van der Waals surface area contributed by atoms with Crippen LogP contribution in [0.3, 0.4) is 0 Å². The van der Waals surface area contributed by atoms with Gasteiger partial charge >= 0.3 is 0 Å². The molecule has 0 radical (unpaired) electrons. The molecule has 1 N–H and O–H groups in total. The predicted molar refractivity (Wildman–Crippen MR) is 85.2 cm³/mol. The molecule has 1 aliphatic heterocycles. The van der Waals surface area contributed by atoms with E-state index in [0.717, 1.165) is 24.7 Å². The van der Waals surface area contributed by atoms with Crippen LogP contribution in [-0.2, 0) is 19.6 Å². The first-order chi connectivity index (χ1) is 10.3. The number of anilines is 1. The Morgan fingerprint density at radius 3 is 2.82 bits per heavy atom. The first-order valence-electron chi connectivity index (χ1n) is 7.28. The molecule has 1 amide bonds. The van der Waals surface area contributed by atoms with Crippen LogP contribution in [0.4, 0.5) is 5.69 Å². The highest BCUT2D eigenvalue weighted by molar-refractivity contribution is 7.88. The molecular formula is C15H22N2O4S. The number of carbonyl (C=O) groups excluding carboxylic acids is 1. The summed E-state index contributed by atoms with van der Waals surface area (Å²) in [5.74, 6) is -0.353. The van der Waals surface area contributed by atoms with Crippen molar-refractivity contribution in [3.8, 4) is 0 Å². The molecule has 1 heterocycles. The number of sulfonamides is 1. The fraction of sp³-hybridized carbons (Fsp3) is 0.533. The summed E-state index contributed by atoms with van der Waals surface area (Å²) in [6.07, 6.45) is 2.74. The molecule has 0 spiro atoms. The van der Waals surface area contributed by atoms with Crippen molar-refractivity contribution in [2.24, 2.45) is 0 Å². The van der Waals surface area contributed by atoms with E-state index in [0.29, 0.717) is 12.3 Å². The van der Waals surface area contributed by atoms with E-state index in [-0.39, 0.29) is 25.1 Å². The standard InChI is InChI=1S/C15H22N2O4S/c1-12-5-3-6-13(9-12)16-15(18)11-17(22(2,19)20)10-14-7-4-8-21-14/h3,5-6,9,14H,4,7-8,10-11H2,1-2H3,(H,16,18). The van der Waals surface area contributed by atoms with Crippen molar-refractivity contribution in [1.82, 2.24) is 4.31 Å². The zero-order valence-electron chi connectivity index (χ0n) is 12.9. The Balaban J connectivity index is 1.98. The number of hydrogen-bond donors (Lipinski definition) is 1. The number of hydrogen-bond acceptors (Lipinski definition) is 4. The molecule has 0 aromatic heterocycles. The molecule has 122 valence electrons. The van der Waals surface area contributed by atoms with Crippen molar-refractivity contribution in [3.63, 3.8) is 0 Å². The summed E-state index contributed by atoms with van der Waals surface area (Å²) in [4.78, 5) is 12.1. The van der Waals surface area contributed by atoms with Gasteiger partial charge in [-0.1, -0.05) is 12.1 Å². The summed E-state index contributed by atoms with van der Waals surface area (Å²) in [6.45, 7) is 2.60. The monoisotopic (exact) mass is 326 g/mol. The minimum absolute atomic E-state index is 0.124. The van der Waals surface area contributed by atoms with E-state index in [1.807, 2.05) is 25.1 Å². The number of aryl methyl sites for hydroxylation is 1. The third-order valence-corrected chi connectivity index (χ3v) is 4.74. The summed E-state index contributed by atoms with van der Waals surface area (Å²) in [5, 5.41) is 2.72. The third-order valence-electron chi connectivity index (χ3n) is 3.52. The van der Waals surface area contributed by atoms with Crippen molar-refractivity contribution < 1.29 is 17.9 Å². The van der Waals surface area contributed by atoms with Gasteiger partial charge in [-0.15, -0.1) is 0 Å². The van der Waals surface area contributed by atoms with Crippen LogP contribution < -0.4 is 5.32 Å². The van der Waals surface area contributed by atoms with Crippen molar-refractivity contribution in [2.45, 2.75) is 25.9 Å². The molecule has 1 unspecified atom stereocenters. The highest BCUT2D eigenvalue weighted by atomic mass is 32.2. The second-order valence-corrected chi connectivity index (χ2v) is 7.59. The van der Waals surface area contributed by atoms with E-state index in [9.17, 15) is 13.2 Å². The predicted octanol–water partition coefficient (Wildman–Crippen LogP) is 1.37. The second-order valence-electron chi connectivity index (χ2n) is 5.61. The van der Waals surface area contributed by atoms with Crippen molar-refractivity contribution in [2.75, 3.05) is 31.3 Å². The molecule has 1 aromatic carbocycles. The maximum atomic E-state index is 12.1. The smallest absolute Gasteiger partial charge is 0.239 e. The quantitative estimate of drug-likeness (QED) is 0.857. The average Bonchev–Trinajstić information content (AvgIpc) is 2.89. The van der Waals surface area contributed by atoms with E-state index in [1.165, 1.54) is 4.31 Å². The highest BCUT2D eigenvalue weighted by Crippen LogP contribution is 2.15. The molecule has 6 nitrogen and oxygen atoms in total. The van der Waals surface area contributed by atoms with E-state index in [1.54, 1.807) is 6.07 Å². The molecule has 0 aliphatic carbocycles. The molecule has 0 saturated carbocycles. The molecule has 22 heavy (non-hydrogen) atoms. The lowest BCUT2D eigenvalue weighted by Crippen LogP contribution is -2.41. The molecule has 1 aliphatic rings. The van der Waals surface area contributed by atoms with Gasteiger partial charge in [-0.3, -0.25) is 4.79 Å². The summed E-state index contributed by atoms with van der Waals surface area (Å²) >= 11 is 0. The summed E-state index contributed by atoms with van der Waals surface area (Å²) < 4.78 is 30.3. The van der Waals surface area contributed by atoms with Gasteiger partial charge in [0.05, 0.1) is 18.9 Å². The Bertz CT molecular complexity index is 624. The fourth-order valence-electron chi connectivity index (χ4n) is 2.42. The van der Waals surface area contributed by atoms with Crippen LogP contribution in [0.1, 0.15) is 18.4 Å². The number of nitrogens with zero attached hydrogens (tertiary/aromatic N) is 1. The molecule has 1 fully saturated rings. The number of nitrogens with one attached hydrogen (secondary N) is 1. The zero-order chi connectivity index (χ0) is 16.2. The van der Waals surface area contributed by atoms with E-state index in [4.69, 9.17) is 4.74 Å². The Morgan fingerprint density at radius 2 is 2.23 bits per heavy atom. The van der Waals surface area contributed by atoms with Gasteiger partial charge in [-0.25, -0.2) is 8.42 Å². The largest absolute Gasteiger partial charge is 0.377 e. The van der Waals surface area contributed by atoms with E-state index >= 15 is 0 Å². The van der Waals surface area contributed by atoms with Gasteiger partial charge in [-0.2, -0.15) is 4.31 Å². The van der Waals surface area contributed by atoms with Gasteiger partial charge in [0.1, 0.15) is 0 Å². The molecule has 0 bridgehead atoms. The lowest BCUT2D eigenvalue weighted by Gasteiger charge is -2.22. The molecule has 1 atom stereocenters. The SMILES string of the molecule is Cc1cccc(NC(=O)CN(CC2CCCO2)S(C)(=O)=O)c1. The Kier molecular flexibility index (Phi) is 5.55. The van der Waals surface area contributed by atoms with Crippen molar-refractivity contribution >= 4 is 21.6 Å². The van der Waals surface area contributed by atoms with E-state index in [2.05, 4.69) is 5.32 Å². The number of rotatable bonds is 6. The number of carbonyl (C=O) groups is 1. The van der Waals surface area contributed by atoms with Crippen LogP contribution in [0, 0.1) is 6.92 Å². The first-order valence-corrected chi connectivity index (χ1v) is 9.12. The van der Waals surface area contributed by atoms with Gasteiger partial charge < -0.3 is 10.1 Å². The molecule has 2 rings (SSSR count). The van der Waals surface area contributed by atoms with Crippen LogP contribution in [0.25, 0.3) is 0 Å². The first kappa shape index (κ1) is 16.9. The lowest BCUT2D eigenvalue weighted by molar-refractivity contribution is -0.116. The Morgan fingerprint density at radius 1 is 1.45 bits per heavy atom. The van der Waals surface area contributed by atoms with Crippen LogP contribution in [0.5, 0.6) is 0 Å². The van der Waals surface area contributed by atoms with Crippen LogP contribution in [-0.4, -0.2) is 50.7 Å². The third kappa shape index (κ3) is 5.08. The average molecular weight is 326 g/mol. The summed E-state index contributed by atoms with van der Waals surface area (Å²) in [7, 11) is -3.46. The van der Waals surface area contributed by atoms with Gasteiger partial charge in [-0.05, 0) is 37.5 Å². The van der Waals surface area contributed by atoms with Gasteiger partial charge in [0.15, 0.2) is 0 Å². The summed E-state index contributed by atoms with van der Waals surface area (Å²) in [5.41, 5.74) is 1.69. The van der Waals surface area contributed by atoms with Gasteiger partial charge in [0.2, 0.25) is 15.9 Å². The maximum absolute atomic E-state index is 12.1. The van der Waals surface area contributed by atoms with Crippen molar-refractivity contribution in [3.05, 3.63) is 29.8 Å². The number of amides is 1. The maximum Gasteiger partial charge on any atom is 0.239 e. The minimum Gasteiger partial charge on any atom is -0.377 e. The molecule has 1 aromatic rings. The van der Waals surface area contributed by atoms with Crippen LogP contribution in [0.2, 0.25) is 0 Å². The Hall–Kier alpha value is -1.44. The Labute approximate surface area is 131 Å². The molecular weight excluding hydrogens is 304 g/mol.